The lowest BCUT2D eigenvalue weighted by atomic mass is 10.1. The summed E-state index contributed by atoms with van der Waals surface area (Å²) < 4.78 is 43.2. The number of Topliss-reactive ketones (excluding diaryl/α,β-unsaturated/α-hetero) is 1. The van der Waals surface area contributed by atoms with Gasteiger partial charge in [0.1, 0.15) is 28.7 Å². The van der Waals surface area contributed by atoms with Crippen molar-refractivity contribution in [1.82, 2.24) is 19.7 Å². The Kier molecular flexibility index (Phi) is 7.37. The molecule has 1 saturated carbocycles. The van der Waals surface area contributed by atoms with Crippen LogP contribution < -0.4 is 5.32 Å². The molecule has 10 nitrogen and oxygen atoms in total. The van der Waals surface area contributed by atoms with E-state index in [9.17, 15) is 32.3 Å². The molecule has 1 aliphatic carbocycles. The number of amides is 3. The fourth-order valence-corrected chi connectivity index (χ4v) is 6.25. The molecule has 2 fully saturated rings. The van der Waals surface area contributed by atoms with Gasteiger partial charge in [-0.3, -0.25) is 23.9 Å². The number of carbonyl (C=O) groups excluding carboxylic acids is 4. The Bertz CT molecular complexity index is 1610. The molecule has 3 amide bonds. The van der Waals surface area contributed by atoms with E-state index in [1.165, 1.54) is 41.0 Å². The SMILES string of the molecule is CC(=O)c1nn(CC(=O)N2C[C@H]3C[C@H]3[C@H]2C(=O)Nc2cccc(Br)n2)c2cc(S(C)=NC(=O)C(F)(F)F)ccc12. The average Bonchev–Trinajstić information content (AvgIpc) is 3.38. The van der Waals surface area contributed by atoms with Gasteiger partial charge >= 0.3 is 12.1 Å². The maximum atomic E-state index is 13.5. The molecule has 1 N–H and O–H groups in total. The first-order valence-electron chi connectivity index (χ1n) is 12.1. The Morgan fingerprint density at radius 1 is 1.20 bits per heavy atom. The number of nitrogens with one attached hydrogen (secondary N) is 1. The zero-order valence-electron chi connectivity index (χ0n) is 21.1. The zero-order chi connectivity index (χ0) is 28.9. The van der Waals surface area contributed by atoms with E-state index < -0.39 is 34.7 Å². The van der Waals surface area contributed by atoms with Crippen molar-refractivity contribution in [2.45, 2.75) is 37.0 Å². The minimum Gasteiger partial charge on any atom is -0.328 e. The number of ketones is 1. The van der Waals surface area contributed by atoms with Crippen LogP contribution in [-0.2, 0) is 31.6 Å². The highest BCUT2D eigenvalue weighted by molar-refractivity contribution is 9.10. The third-order valence-corrected chi connectivity index (χ3v) is 8.67. The summed E-state index contributed by atoms with van der Waals surface area (Å²) in [6.45, 7) is 1.41. The molecule has 40 heavy (non-hydrogen) atoms. The van der Waals surface area contributed by atoms with Crippen LogP contribution in [0.4, 0.5) is 19.0 Å². The van der Waals surface area contributed by atoms with E-state index in [2.05, 4.69) is 35.7 Å². The molecule has 1 saturated heterocycles. The highest BCUT2D eigenvalue weighted by atomic mass is 79.9. The van der Waals surface area contributed by atoms with Crippen LogP contribution in [-0.4, -0.2) is 68.2 Å². The lowest BCUT2D eigenvalue weighted by Crippen LogP contribution is -2.47. The van der Waals surface area contributed by atoms with Crippen molar-refractivity contribution in [3.63, 3.8) is 0 Å². The number of piperidine rings is 1. The van der Waals surface area contributed by atoms with Crippen molar-refractivity contribution in [1.29, 1.82) is 0 Å². The largest absolute Gasteiger partial charge is 0.474 e. The molecule has 210 valence electrons. The summed E-state index contributed by atoms with van der Waals surface area (Å²) in [5.74, 6) is -2.73. The van der Waals surface area contributed by atoms with Gasteiger partial charge < -0.3 is 10.2 Å². The van der Waals surface area contributed by atoms with Gasteiger partial charge in [0, 0.05) is 23.8 Å². The van der Waals surface area contributed by atoms with Gasteiger partial charge in [0.2, 0.25) is 11.8 Å². The molecular weight excluding hydrogens is 617 g/mol. The Morgan fingerprint density at radius 2 is 1.95 bits per heavy atom. The third-order valence-electron chi connectivity index (χ3n) is 6.85. The molecule has 3 heterocycles. The number of carbonyl (C=O) groups is 4. The highest BCUT2D eigenvalue weighted by Gasteiger charge is 2.56. The second-order valence-corrected chi connectivity index (χ2v) is 12.0. The quantitative estimate of drug-likeness (QED) is 0.324. The zero-order valence-corrected chi connectivity index (χ0v) is 23.5. The predicted molar refractivity (Wildman–Crippen MR) is 142 cm³/mol. The van der Waals surface area contributed by atoms with Crippen molar-refractivity contribution in [2.75, 3.05) is 18.1 Å². The van der Waals surface area contributed by atoms with Crippen molar-refractivity contribution >= 4 is 66.8 Å². The maximum absolute atomic E-state index is 13.5. The first-order chi connectivity index (χ1) is 18.8. The van der Waals surface area contributed by atoms with Crippen LogP contribution in [0.3, 0.4) is 0 Å². The number of hydrogen-bond donors (Lipinski definition) is 1. The number of aromatic nitrogens is 3. The lowest BCUT2D eigenvalue weighted by molar-refractivity contribution is -0.169. The monoisotopic (exact) mass is 638 g/mol. The number of pyridine rings is 1. The lowest BCUT2D eigenvalue weighted by Gasteiger charge is -2.26. The number of hydrogen-bond acceptors (Lipinski definition) is 6. The number of anilines is 1. The second-order valence-electron chi connectivity index (χ2n) is 9.60. The van der Waals surface area contributed by atoms with E-state index in [1.807, 2.05) is 0 Å². The number of rotatable bonds is 6. The first-order valence-corrected chi connectivity index (χ1v) is 14.4. The standard InChI is InChI=1S/C25H22BrF3N6O4S/c1-12(36)21-15-7-6-14(40(2)33-24(39)25(27,28)29)9-17(15)35(32-21)11-20(37)34-10-13-8-16(13)22(34)23(38)31-19-5-3-4-18(26)30-19/h3-7,9,13,16,22H,8,10-11H2,1-2H3,(H,30,31,38)/t13-,16-,22+,40?/m1/s1. The molecule has 3 aromatic rings. The molecule has 0 bridgehead atoms. The van der Waals surface area contributed by atoms with E-state index in [1.54, 1.807) is 18.2 Å². The number of likely N-dealkylation sites (tertiary alicyclic amines) is 1. The second kappa shape index (κ2) is 10.5. The minimum atomic E-state index is -5.09. The average molecular weight is 639 g/mol. The smallest absolute Gasteiger partial charge is 0.328 e. The highest BCUT2D eigenvalue weighted by Crippen LogP contribution is 2.50. The van der Waals surface area contributed by atoms with Gasteiger partial charge in [-0.2, -0.15) is 22.6 Å². The Hall–Kier alpha value is -3.46. The third kappa shape index (κ3) is 5.57. The summed E-state index contributed by atoms with van der Waals surface area (Å²) in [4.78, 5) is 56.3. The minimum absolute atomic E-state index is 0.0275. The molecule has 1 unspecified atom stereocenters. The molecule has 15 heteroatoms. The molecular formula is C25H22BrF3N6O4S. The number of fused-ring (bicyclic) bond motifs is 2. The van der Waals surface area contributed by atoms with Crippen LogP contribution in [0.2, 0.25) is 0 Å². The van der Waals surface area contributed by atoms with Crippen LogP contribution in [0.5, 0.6) is 0 Å². The van der Waals surface area contributed by atoms with Gasteiger partial charge in [-0.05, 0) is 70.8 Å². The Balaban J connectivity index is 1.42. The van der Waals surface area contributed by atoms with E-state index in [0.717, 1.165) is 6.42 Å². The van der Waals surface area contributed by atoms with E-state index >= 15 is 0 Å². The summed E-state index contributed by atoms with van der Waals surface area (Å²) in [5.41, 5.74) is 0.418. The molecule has 0 spiro atoms. The molecule has 2 aromatic heterocycles. The summed E-state index contributed by atoms with van der Waals surface area (Å²) >= 11 is 3.26. The Morgan fingerprint density at radius 3 is 2.62 bits per heavy atom. The maximum Gasteiger partial charge on any atom is 0.474 e. The van der Waals surface area contributed by atoms with Crippen molar-refractivity contribution < 1.29 is 32.3 Å². The summed E-state index contributed by atoms with van der Waals surface area (Å²) in [6, 6.07) is 8.85. The molecule has 1 aliphatic heterocycles. The summed E-state index contributed by atoms with van der Waals surface area (Å²) in [6.07, 6.45) is -2.90. The van der Waals surface area contributed by atoms with Crippen LogP contribution >= 0.6 is 15.9 Å². The fourth-order valence-electron chi connectivity index (χ4n) is 4.90. The number of alkyl halides is 3. The summed E-state index contributed by atoms with van der Waals surface area (Å²) in [7, 11) is -1.45. The normalized spacial score (nSPS) is 20.9. The Labute approximate surface area is 236 Å². The van der Waals surface area contributed by atoms with Crippen LogP contribution in [0.1, 0.15) is 23.8 Å². The van der Waals surface area contributed by atoms with Crippen molar-refractivity contribution in [3.8, 4) is 0 Å². The van der Waals surface area contributed by atoms with Gasteiger partial charge in [0.05, 0.1) is 5.52 Å². The van der Waals surface area contributed by atoms with Crippen molar-refractivity contribution in [3.05, 3.63) is 46.7 Å². The molecule has 4 atom stereocenters. The topological polar surface area (TPSA) is 127 Å². The predicted octanol–water partition coefficient (Wildman–Crippen LogP) is 3.76. The number of nitrogens with zero attached hydrogens (tertiary/aromatic N) is 5. The number of halogens is 4. The fraction of sp³-hybridized carbons (Fsp3) is 0.360. The van der Waals surface area contributed by atoms with Crippen LogP contribution in [0.15, 0.2) is 50.3 Å². The van der Waals surface area contributed by atoms with E-state index in [0.29, 0.717) is 32.8 Å². The van der Waals surface area contributed by atoms with E-state index in [-0.39, 0.29) is 35.8 Å². The number of benzene rings is 1. The van der Waals surface area contributed by atoms with Crippen LogP contribution in [0, 0.1) is 11.8 Å². The molecule has 1 aromatic carbocycles. The molecule has 2 aliphatic rings. The molecule has 5 rings (SSSR count). The van der Waals surface area contributed by atoms with Crippen molar-refractivity contribution in [2.24, 2.45) is 16.2 Å². The van der Waals surface area contributed by atoms with Gasteiger partial charge in [0.15, 0.2) is 5.78 Å². The summed E-state index contributed by atoms with van der Waals surface area (Å²) in [5, 5.41) is 7.48. The van der Waals surface area contributed by atoms with Gasteiger partial charge in [0.25, 0.3) is 0 Å². The van der Waals surface area contributed by atoms with Gasteiger partial charge in [-0.1, -0.05) is 16.8 Å². The van der Waals surface area contributed by atoms with Gasteiger partial charge in [-0.15, -0.1) is 0 Å². The van der Waals surface area contributed by atoms with Gasteiger partial charge in [-0.25, -0.2) is 4.98 Å². The van der Waals surface area contributed by atoms with E-state index in [4.69, 9.17) is 0 Å². The molecule has 0 radical (unpaired) electrons. The first kappa shape index (κ1) is 28.1. The van der Waals surface area contributed by atoms with Crippen LogP contribution in [0.25, 0.3) is 10.9 Å².